The van der Waals surface area contributed by atoms with Gasteiger partial charge in [0.1, 0.15) is 0 Å². The highest BCUT2D eigenvalue weighted by atomic mass is 32.2. The van der Waals surface area contributed by atoms with E-state index < -0.39 is 10.8 Å². The van der Waals surface area contributed by atoms with E-state index in [1.54, 1.807) is 12.1 Å². The number of nitriles is 1. The third-order valence-corrected chi connectivity index (χ3v) is 4.72. The molecule has 0 fully saturated rings. The predicted molar refractivity (Wildman–Crippen MR) is 81.6 cm³/mol. The summed E-state index contributed by atoms with van der Waals surface area (Å²) in [5.74, 6) is 0.447. The van der Waals surface area contributed by atoms with Gasteiger partial charge in [-0.2, -0.15) is 5.26 Å². The lowest BCUT2D eigenvalue weighted by molar-refractivity contribution is 0.682. The van der Waals surface area contributed by atoms with Crippen LogP contribution in [0.15, 0.2) is 41.3 Å². The van der Waals surface area contributed by atoms with Crippen LogP contribution in [0.2, 0.25) is 0 Å². The van der Waals surface area contributed by atoms with Crippen molar-refractivity contribution in [3.8, 4) is 6.07 Å². The van der Waals surface area contributed by atoms with E-state index in [-0.39, 0.29) is 0 Å². The molecule has 1 unspecified atom stereocenters. The van der Waals surface area contributed by atoms with Crippen LogP contribution >= 0.6 is 0 Å². The lowest BCUT2D eigenvalue weighted by Crippen LogP contribution is -2.01. The Kier molecular flexibility index (Phi) is 4.21. The van der Waals surface area contributed by atoms with E-state index >= 15 is 0 Å². The van der Waals surface area contributed by atoms with Crippen LogP contribution in [0.1, 0.15) is 22.3 Å². The maximum absolute atomic E-state index is 12.5. The number of benzene rings is 2. The van der Waals surface area contributed by atoms with E-state index in [0.29, 0.717) is 17.0 Å². The van der Waals surface area contributed by atoms with E-state index in [4.69, 9.17) is 11.0 Å². The van der Waals surface area contributed by atoms with Gasteiger partial charge in [0, 0.05) is 10.6 Å². The molecule has 0 saturated carbocycles. The molecule has 20 heavy (non-hydrogen) atoms. The minimum atomic E-state index is -1.11. The summed E-state index contributed by atoms with van der Waals surface area (Å²) in [6.07, 6.45) is 0. The zero-order valence-corrected chi connectivity index (χ0v) is 12.3. The Morgan fingerprint density at radius 2 is 1.90 bits per heavy atom. The van der Waals surface area contributed by atoms with Crippen LogP contribution in [0, 0.1) is 25.2 Å². The average Bonchev–Trinajstić information content (AvgIpc) is 2.40. The highest BCUT2D eigenvalue weighted by molar-refractivity contribution is 7.84. The molecule has 0 aliphatic rings. The van der Waals surface area contributed by atoms with Gasteiger partial charge in [0.05, 0.1) is 28.2 Å². The number of nitrogens with zero attached hydrogens (tertiary/aromatic N) is 1. The number of nitrogens with two attached hydrogens (primary N) is 1. The minimum absolute atomic E-state index is 0.447. The molecule has 0 radical (unpaired) electrons. The topological polar surface area (TPSA) is 66.9 Å². The summed E-state index contributed by atoms with van der Waals surface area (Å²) in [4.78, 5) is 0.808. The van der Waals surface area contributed by atoms with Crippen molar-refractivity contribution in [2.24, 2.45) is 0 Å². The van der Waals surface area contributed by atoms with E-state index in [0.717, 1.165) is 21.6 Å². The van der Waals surface area contributed by atoms with Crippen LogP contribution < -0.4 is 5.73 Å². The highest BCUT2D eigenvalue weighted by Crippen LogP contribution is 2.21. The number of hydrogen-bond donors (Lipinski definition) is 1. The molecule has 3 nitrogen and oxygen atoms in total. The largest absolute Gasteiger partial charge is 0.399 e. The zero-order chi connectivity index (χ0) is 14.7. The van der Waals surface area contributed by atoms with Gasteiger partial charge < -0.3 is 5.73 Å². The normalized spacial score (nSPS) is 11.8. The van der Waals surface area contributed by atoms with Gasteiger partial charge in [0.15, 0.2) is 0 Å². The molecule has 2 rings (SSSR count). The molecule has 0 aliphatic carbocycles. The van der Waals surface area contributed by atoms with Crippen LogP contribution in [0.4, 0.5) is 5.69 Å². The molecule has 0 aliphatic heterocycles. The summed E-state index contributed by atoms with van der Waals surface area (Å²) in [5.41, 5.74) is 9.94. The summed E-state index contributed by atoms with van der Waals surface area (Å²) in [5, 5.41) is 8.85. The highest BCUT2D eigenvalue weighted by Gasteiger charge is 2.10. The van der Waals surface area contributed by atoms with Crippen molar-refractivity contribution in [2.75, 3.05) is 5.73 Å². The van der Waals surface area contributed by atoms with Gasteiger partial charge in [0.2, 0.25) is 0 Å². The van der Waals surface area contributed by atoms with Crippen LogP contribution in [0.5, 0.6) is 0 Å². The molecule has 0 aromatic heterocycles. The first-order chi connectivity index (χ1) is 9.51. The second-order valence-corrected chi connectivity index (χ2v) is 6.19. The van der Waals surface area contributed by atoms with E-state index in [1.165, 1.54) is 0 Å². The second-order valence-electron chi connectivity index (χ2n) is 4.77. The fraction of sp³-hybridized carbons (Fsp3) is 0.188. The molecule has 2 aromatic carbocycles. The molecule has 2 N–H and O–H groups in total. The standard InChI is InChI=1S/C16H16N2OS/c1-11-7-13(9-17)3-4-14(11)10-20(19)16-6-5-15(18)8-12(16)2/h3-8H,10,18H2,1-2H3. The van der Waals surface area contributed by atoms with Crippen molar-refractivity contribution in [1.29, 1.82) is 5.26 Å². The smallest absolute Gasteiger partial charge is 0.0991 e. The zero-order valence-electron chi connectivity index (χ0n) is 11.5. The van der Waals surface area contributed by atoms with Crippen molar-refractivity contribution < 1.29 is 4.21 Å². The molecule has 0 amide bonds. The van der Waals surface area contributed by atoms with Crippen LogP contribution in [-0.2, 0) is 16.6 Å². The fourth-order valence-corrected chi connectivity index (χ4v) is 3.47. The number of aryl methyl sites for hydroxylation is 2. The van der Waals surface area contributed by atoms with E-state index in [9.17, 15) is 4.21 Å². The van der Waals surface area contributed by atoms with Crippen LogP contribution in [-0.4, -0.2) is 4.21 Å². The Bertz CT molecular complexity index is 717. The predicted octanol–water partition coefficient (Wildman–Crippen LogP) is 3.07. The summed E-state index contributed by atoms with van der Waals surface area (Å²) < 4.78 is 12.5. The third-order valence-electron chi connectivity index (χ3n) is 3.20. The van der Waals surface area contributed by atoms with Gasteiger partial charge in [-0.15, -0.1) is 0 Å². The van der Waals surface area contributed by atoms with Crippen LogP contribution in [0.25, 0.3) is 0 Å². The summed E-state index contributed by atoms with van der Waals surface area (Å²) in [7, 11) is -1.11. The second kappa shape index (κ2) is 5.89. The molecule has 0 saturated heterocycles. The van der Waals surface area contributed by atoms with Gasteiger partial charge in [0.25, 0.3) is 0 Å². The summed E-state index contributed by atoms with van der Waals surface area (Å²) >= 11 is 0. The van der Waals surface area contributed by atoms with Crippen molar-refractivity contribution >= 4 is 16.5 Å². The lowest BCUT2D eigenvalue weighted by atomic mass is 10.1. The van der Waals surface area contributed by atoms with Crippen molar-refractivity contribution in [1.82, 2.24) is 0 Å². The van der Waals surface area contributed by atoms with Crippen molar-refractivity contribution in [3.63, 3.8) is 0 Å². The number of rotatable bonds is 3. The Hall–Kier alpha value is -2.12. The maximum Gasteiger partial charge on any atom is 0.0991 e. The Morgan fingerprint density at radius 3 is 2.50 bits per heavy atom. The molecule has 1 atom stereocenters. The number of nitrogen functional groups attached to an aromatic ring is 1. The Morgan fingerprint density at radius 1 is 1.15 bits per heavy atom. The average molecular weight is 284 g/mol. The Labute approximate surface area is 121 Å². The number of hydrogen-bond acceptors (Lipinski definition) is 3. The maximum atomic E-state index is 12.5. The van der Waals surface area contributed by atoms with Gasteiger partial charge in [-0.05, 0) is 60.9 Å². The van der Waals surface area contributed by atoms with Gasteiger partial charge >= 0.3 is 0 Å². The van der Waals surface area contributed by atoms with Gasteiger partial charge in [-0.3, -0.25) is 4.21 Å². The molecule has 102 valence electrons. The molecule has 0 spiro atoms. The van der Waals surface area contributed by atoms with Crippen LogP contribution in [0.3, 0.4) is 0 Å². The molecular weight excluding hydrogens is 268 g/mol. The molecule has 4 heteroatoms. The molecule has 2 aromatic rings. The Balaban J connectivity index is 2.26. The fourth-order valence-electron chi connectivity index (χ4n) is 2.07. The summed E-state index contributed by atoms with van der Waals surface area (Å²) in [6, 6.07) is 13.0. The quantitative estimate of drug-likeness (QED) is 0.881. The van der Waals surface area contributed by atoms with E-state index in [2.05, 4.69) is 6.07 Å². The first-order valence-corrected chi connectivity index (χ1v) is 7.57. The van der Waals surface area contributed by atoms with E-state index in [1.807, 2.05) is 38.1 Å². The molecule has 0 bridgehead atoms. The first-order valence-electron chi connectivity index (χ1n) is 6.25. The number of anilines is 1. The van der Waals surface area contributed by atoms with Gasteiger partial charge in [-0.25, -0.2) is 0 Å². The minimum Gasteiger partial charge on any atom is -0.399 e. The lowest BCUT2D eigenvalue weighted by Gasteiger charge is -2.09. The van der Waals surface area contributed by atoms with Crippen molar-refractivity contribution in [3.05, 3.63) is 58.7 Å². The molecule has 0 heterocycles. The summed E-state index contributed by atoms with van der Waals surface area (Å²) in [6.45, 7) is 3.85. The molecular formula is C16H16N2OS. The third kappa shape index (κ3) is 3.06. The SMILES string of the molecule is Cc1cc(C#N)ccc1CS(=O)c1ccc(N)cc1C. The van der Waals surface area contributed by atoms with Crippen molar-refractivity contribution in [2.45, 2.75) is 24.5 Å². The monoisotopic (exact) mass is 284 g/mol. The van der Waals surface area contributed by atoms with Gasteiger partial charge in [-0.1, -0.05) is 6.07 Å². The first kappa shape index (κ1) is 14.3.